The van der Waals surface area contributed by atoms with Gasteiger partial charge in [0.2, 0.25) is 0 Å². The molecule has 1 unspecified atom stereocenters. The largest absolute Gasteiger partial charge is 0.391 e. The predicted molar refractivity (Wildman–Crippen MR) is 63.9 cm³/mol. The van der Waals surface area contributed by atoms with Crippen LogP contribution < -0.4 is 4.90 Å². The van der Waals surface area contributed by atoms with Gasteiger partial charge in [0.1, 0.15) is 0 Å². The van der Waals surface area contributed by atoms with Crippen molar-refractivity contribution in [3.63, 3.8) is 0 Å². The molecular formula is C13H17NO2. The maximum Gasteiger partial charge on any atom is 0.166 e. The first-order chi connectivity index (χ1) is 7.72. The average molecular weight is 219 g/mol. The van der Waals surface area contributed by atoms with Gasteiger partial charge in [-0.2, -0.15) is 0 Å². The molecule has 1 aliphatic rings. The van der Waals surface area contributed by atoms with Gasteiger partial charge in [-0.15, -0.1) is 0 Å². The first kappa shape index (κ1) is 11.1. The molecular weight excluding hydrogens is 202 g/mol. The third-order valence-corrected chi connectivity index (χ3v) is 3.06. The highest BCUT2D eigenvalue weighted by Gasteiger charge is 2.23. The minimum Gasteiger partial charge on any atom is -0.391 e. The number of para-hydroxylation sites is 1. The van der Waals surface area contributed by atoms with Crippen LogP contribution in [0.15, 0.2) is 24.3 Å². The highest BCUT2D eigenvalue weighted by molar-refractivity contribution is 6.03. The van der Waals surface area contributed by atoms with Crippen LogP contribution in [0.2, 0.25) is 0 Å². The number of aliphatic hydroxyl groups is 1. The molecule has 3 nitrogen and oxygen atoms in total. The lowest BCUT2D eigenvalue weighted by molar-refractivity contribution is 0.0976. The van der Waals surface area contributed by atoms with Crippen molar-refractivity contribution in [1.82, 2.24) is 0 Å². The minimum absolute atomic E-state index is 0.206. The number of anilines is 1. The van der Waals surface area contributed by atoms with Gasteiger partial charge in [-0.1, -0.05) is 19.1 Å². The molecule has 2 rings (SSSR count). The predicted octanol–water partition coefficient (Wildman–Crippen LogP) is 1.85. The molecule has 0 bridgehead atoms. The monoisotopic (exact) mass is 219 g/mol. The van der Waals surface area contributed by atoms with E-state index in [1.54, 1.807) is 0 Å². The maximum atomic E-state index is 11.7. The van der Waals surface area contributed by atoms with Crippen molar-refractivity contribution in [1.29, 1.82) is 0 Å². The lowest BCUT2D eigenvalue weighted by Gasteiger charge is -2.31. The summed E-state index contributed by atoms with van der Waals surface area (Å²) in [6.07, 6.45) is 0.973. The Kier molecular flexibility index (Phi) is 3.25. The number of carbonyl (C=O) groups is 1. The fourth-order valence-electron chi connectivity index (χ4n) is 2.05. The molecule has 0 saturated carbocycles. The lowest BCUT2D eigenvalue weighted by atomic mass is 10.00. The molecule has 0 radical (unpaired) electrons. The number of fused-ring (bicyclic) bond motifs is 1. The van der Waals surface area contributed by atoms with Gasteiger partial charge in [-0.25, -0.2) is 0 Å². The van der Waals surface area contributed by atoms with E-state index in [1.165, 1.54) is 0 Å². The molecule has 1 aromatic carbocycles. The fourth-order valence-corrected chi connectivity index (χ4v) is 2.05. The minimum atomic E-state index is -0.318. The van der Waals surface area contributed by atoms with Gasteiger partial charge < -0.3 is 10.0 Å². The summed E-state index contributed by atoms with van der Waals surface area (Å²) in [6.45, 7) is 3.29. The topological polar surface area (TPSA) is 40.5 Å². The molecule has 86 valence electrons. The van der Waals surface area contributed by atoms with Gasteiger partial charge in [0.25, 0.3) is 0 Å². The van der Waals surface area contributed by atoms with E-state index in [-0.39, 0.29) is 11.9 Å². The number of rotatable bonds is 3. The van der Waals surface area contributed by atoms with Crippen LogP contribution in [0.5, 0.6) is 0 Å². The van der Waals surface area contributed by atoms with E-state index >= 15 is 0 Å². The summed E-state index contributed by atoms with van der Waals surface area (Å²) in [6, 6.07) is 7.64. The zero-order valence-electron chi connectivity index (χ0n) is 9.52. The number of ketones is 1. The van der Waals surface area contributed by atoms with Gasteiger partial charge in [0.15, 0.2) is 5.78 Å². The molecule has 1 heterocycles. The van der Waals surface area contributed by atoms with Gasteiger partial charge >= 0.3 is 0 Å². The van der Waals surface area contributed by atoms with E-state index in [2.05, 4.69) is 4.90 Å². The summed E-state index contributed by atoms with van der Waals surface area (Å²) < 4.78 is 0. The SMILES string of the molecule is CCC(O)CN1CCC(=O)c2ccccc21. The van der Waals surface area contributed by atoms with Gasteiger partial charge in [-0.05, 0) is 18.6 Å². The van der Waals surface area contributed by atoms with Crippen molar-refractivity contribution < 1.29 is 9.90 Å². The summed E-state index contributed by atoms with van der Waals surface area (Å²) in [5, 5.41) is 9.68. The summed E-state index contributed by atoms with van der Waals surface area (Å²) in [5.41, 5.74) is 1.75. The number of Topliss-reactive ketones (excluding diaryl/α,β-unsaturated/α-hetero) is 1. The Morgan fingerprint density at radius 1 is 1.44 bits per heavy atom. The van der Waals surface area contributed by atoms with Gasteiger partial charge in [-0.3, -0.25) is 4.79 Å². The van der Waals surface area contributed by atoms with E-state index in [1.807, 2.05) is 31.2 Å². The van der Waals surface area contributed by atoms with Crippen LogP contribution in [0.3, 0.4) is 0 Å². The Hall–Kier alpha value is -1.35. The van der Waals surface area contributed by atoms with Gasteiger partial charge in [0, 0.05) is 30.8 Å². The molecule has 0 spiro atoms. The second-order valence-electron chi connectivity index (χ2n) is 4.20. The quantitative estimate of drug-likeness (QED) is 0.843. The third-order valence-electron chi connectivity index (χ3n) is 3.06. The van der Waals surface area contributed by atoms with Crippen LogP contribution in [0, 0.1) is 0 Å². The third kappa shape index (κ3) is 2.09. The number of benzene rings is 1. The number of aliphatic hydroxyl groups excluding tert-OH is 1. The zero-order valence-corrected chi connectivity index (χ0v) is 9.52. The van der Waals surface area contributed by atoms with Crippen molar-refractivity contribution in [2.45, 2.75) is 25.9 Å². The molecule has 0 saturated heterocycles. The summed E-state index contributed by atoms with van der Waals surface area (Å²) in [4.78, 5) is 13.8. The summed E-state index contributed by atoms with van der Waals surface area (Å²) in [5.74, 6) is 0.206. The van der Waals surface area contributed by atoms with Crippen LogP contribution in [0.25, 0.3) is 0 Å². The van der Waals surface area contributed by atoms with E-state index in [9.17, 15) is 9.90 Å². The Morgan fingerprint density at radius 2 is 2.19 bits per heavy atom. The summed E-state index contributed by atoms with van der Waals surface area (Å²) >= 11 is 0. The van der Waals surface area contributed by atoms with Crippen LogP contribution in [0.1, 0.15) is 30.1 Å². The molecule has 0 amide bonds. The van der Waals surface area contributed by atoms with Crippen LogP contribution in [0.4, 0.5) is 5.69 Å². The highest BCUT2D eigenvalue weighted by Crippen LogP contribution is 2.26. The second kappa shape index (κ2) is 4.66. The van der Waals surface area contributed by atoms with Crippen molar-refractivity contribution in [3.8, 4) is 0 Å². The number of β-amino-alcohol motifs (C(OH)–C–C–N with tert-alkyl or cyclic N) is 1. The molecule has 1 aromatic rings. The van der Waals surface area contributed by atoms with Gasteiger partial charge in [0.05, 0.1) is 6.10 Å². The normalized spacial score (nSPS) is 17.1. The molecule has 0 aromatic heterocycles. The second-order valence-corrected chi connectivity index (χ2v) is 4.20. The van der Waals surface area contributed by atoms with Crippen LogP contribution in [-0.4, -0.2) is 30.1 Å². The van der Waals surface area contributed by atoms with Crippen LogP contribution >= 0.6 is 0 Å². The molecule has 1 N–H and O–H groups in total. The van der Waals surface area contributed by atoms with Crippen molar-refractivity contribution in [2.75, 3.05) is 18.0 Å². The summed E-state index contributed by atoms with van der Waals surface area (Å²) in [7, 11) is 0. The van der Waals surface area contributed by atoms with Crippen molar-refractivity contribution >= 4 is 11.5 Å². The zero-order chi connectivity index (χ0) is 11.5. The number of carbonyl (C=O) groups excluding carboxylic acids is 1. The number of hydrogen-bond acceptors (Lipinski definition) is 3. The van der Waals surface area contributed by atoms with E-state index < -0.39 is 0 Å². The van der Waals surface area contributed by atoms with Crippen molar-refractivity contribution in [3.05, 3.63) is 29.8 Å². The first-order valence-electron chi connectivity index (χ1n) is 5.77. The van der Waals surface area contributed by atoms with E-state index in [0.717, 1.165) is 17.7 Å². The maximum absolute atomic E-state index is 11.7. The van der Waals surface area contributed by atoms with Crippen molar-refractivity contribution in [2.24, 2.45) is 0 Å². The fraction of sp³-hybridized carbons (Fsp3) is 0.462. The Bertz CT molecular complexity index is 389. The van der Waals surface area contributed by atoms with E-state index in [4.69, 9.17) is 0 Å². The number of hydrogen-bond donors (Lipinski definition) is 1. The standard InChI is InChI=1S/C13H17NO2/c1-2-10(15)9-14-8-7-13(16)11-5-3-4-6-12(11)14/h3-6,10,15H,2,7-9H2,1H3. The molecule has 3 heteroatoms. The first-order valence-corrected chi connectivity index (χ1v) is 5.77. The van der Waals surface area contributed by atoms with E-state index in [0.29, 0.717) is 19.5 Å². The lowest BCUT2D eigenvalue weighted by Crippen LogP contribution is -2.37. The number of nitrogens with zero attached hydrogens (tertiary/aromatic N) is 1. The molecule has 0 fully saturated rings. The molecule has 0 aliphatic carbocycles. The average Bonchev–Trinajstić information content (AvgIpc) is 2.33. The molecule has 1 atom stereocenters. The van der Waals surface area contributed by atoms with Crippen LogP contribution in [-0.2, 0) is 0 Å². The molecule has 1 aliphatic heterocycles. The Morgan fingerprint density at radius 3 is 2.94 bits per heavy atom. The smallest absolute Gasteiger partial charge is 0.166 e. The Balaban J connectivity index is 2.24. The molecule has 16 heavy (non-hydrogen) atoms. The highest BCUT2D eigenvalue weighted by atomic mass is 16.3. The Labute approximate surface area is 95.7 Å².